The number of halogens is 2. The van der Waals surface area contributed by atoms with Gasteiger partial charge in [-0.2, -0.15) is 0 Å². The fourth-order valence-corrected chi connectivity index (χ4v) is 2.23. The minimum absolute atomic E-state index is 0.415. The lowest BCUT2D eigenvalue weighted by atomic mass is 9.91. The third-order valence-corrected chi connectivity index (χ3v) is 3.18. The Bertz CT molecular complexity index is 327. The molecule has 78 valence electrons. The first-order valence-electron chi connectivity index (χ1n) is 4.93. The van der Waals surface area contributed by atoms with Crippen molar-refractivity contribution in [3.8, 4) is 0 Å². The number of hydrogen-bond acceptors (Lipinski definition) is 0. The third kappa shape index (κ3) is 2.24. The third-order valence-electron chi connectivity index (χ3n) is 2.37. The SMILES string of the molecule is CC(C)c1ccc(Cl)c(Cl)c1C(C)C. The number of hydrogen-bond donors (Lipinski definition) is 0. The molecule has 0 aromatic heterocycles. The highest BCUT2D eigenvalue weighted by Gasteiger charge is 2.15. The molecule has 0 atom stereocenters. The molecule has 0 nitrogen and oxygen atoms in total. The van der Waals surface area contributed by atoms with Gasteiger partial charge in [0.2, 0.25) is 0 Å². The van der Waals surface area contributed by atoms with Gasteiger partial charge >= 0.3 is 0 Å². The summed E-state index contributed by atoms with van der Waals surface area (Å²) >= 11 is 12.2. The molecule has 14 heavy (non-hydrogen) atoms. The maximum Gasteiger partial charge on any atom is 0.0629 e. The Hall–Kier alpha value is -0.200. The molecule has 0 saturated heterocycles. The van der Waals surface area contributed by atoms with Gasteiger partial charge in [0.15, 0.2) is 0 Å². The predicted molar refractivity (Wildman–Crippen MR) is 64.6 cm³/mol. The van der Waals surface area contributed by atoms with Gasteiger partial charge in [-0.3, -0.25) is 0 Å². The molecule has 0 radical (unpaired) electrons. The molecule has 0 aliphatic heterocycles. The summed E-state index contributed by atoms with van der Waals surface area (Å²) in [5, 5.41) is 1.37. The van der Waals surface area contributed by atoms with E-state index in [1.54, 1.807) is 0 Å². The highest BCUT2D eigenvalue weighted by atomic mass is 35.5. The molecule has 0 amide bonds. The number of rotatable bonds is 2. The zero-order valence-corrected chi connectivity index (χ0v) is 10.6. The average molecular weight is 231 g/mol. The Morgan fingerprint density at radius 1 is 0.929 bits per heavy atom. The second-order valence-corrected chi connectivity index (χ2v) is 4.96. The summed E-state index contributed by atoms with van der Waals surface area (Å²) in [5.74, 6) is 0.903. The summed E-state index contributed by atoms with van der Waals surface area (Å²) in [6.45, 7) is 8.63. The summed E-state index contributed by atoms with van der Waals surface area (Å²) in [6.07, 6.45) is 0. The minimum Gasteiger partial charge on any atom is -0.0827 e. The van der Waals surface area contributed by atoms with Crippen molar-refractivity contribution in [3.05, 3.63) is 33.3 Å². The normalized spacial score (nSPS) is 11.4. The first-order valence-corrected chi connectivity index (χ1v) is 5.68. The summed E-state index contributed by atoms with van der Waals surface area (Å²) in [4.78, 5) is 0. The monoisotopic (exact) mass is 230 g/mol. The van der Waals surface area contributed by atoms with Gasteiger partial charge in [-0.25, -0.2) is 0 Å². The van der Waals surface area contributed by atoms with E-state index in [-0.39, 0.29) is 0 Å². The highest BCUT2D eigenvalue weighted by molar-refractivity contribution is 6.42. The Balaban J connectivity index is 3.38. The zero-order valence-electron chi connectivity index (χ0n) is 9.07. The van der Waals surface area contributed by atoms with Crippen LogP contribution in [0.3, 0.4) is 0 Å². The molecule has 0 aliphatic rings. The fourth-order valence-electron chi connectivity index (χ4n) is 1.67. The van der Waals surface area contributed by atoms with Crippen LogP contribution in [0.1, 0.15) is 50.7 Å². The van der Waals surface area contributed by atoms with E-state index in [1.807, 2.05) is 6.07 Å². The zero-order chi connectivity index (χ0) is 10.9. The lowest BCUT2D eigenvalue weighted by Gasteiger charge is -2.18. The topological polar surface area (TPSA) is 0 Å². The molecule has 0 saturated carbocycles. The lowest BCUT2D eigenvalue weighted by molar-refractivity contribution is 0.790. The summed E-state index contributed by atoms with van der Waals surface area (Å²) in [5.41, 5.74) is 2.49. The molecule has 1 aromatic rings. The first-order chi connectivity index (χ1) is 6.45. The molecule has 0 fully saturated rings. The van der Waals surface area contributed by atoms with E-state index in [9.17, 15) is 0 Å². The molecule has 0 unspecified atom stereocenters. The van der Waals surface area contributed by atoms with E-state index >= 15 is 0 Å². The van der Waals surface area contributed by atoms with Crippen molar-refractivity contribution in [1.29, 1.82) is 0 Å². The summed E-state index contributed by atoms with van der Waals surface area (Å²) < 4.78 is 0. The molecule has 0 N–H and O–H groups in total. The minimum atomic E-state index is 0.415. The first kappa shape index (κ1) is 11.9. The van der Waals surface area contributed by atoms with Crippen molar-refractivity contribution in [2.75, 3.05) is 0 Å². The van der Waals surface area contributed by atoms with Gasteiger partial charge in [0.05, 0.1) is 10.0 Å². The van der Waals surface area contributed by atoms with Gasteiger partial charge in [0.1, 0.15) is 0 Å². The van der Waals surface area contributed by atoms with E-state index in [1.165, 1.54) is 11.1 Å². The van der Waals surface area contributed by atoms with Crippen molar-refractivity contribution in [2.45, 2.75) is 39.5 Å². The van der Waals surface area contributed by atoms with Crippen molar-refractivity contribution in [3.63, 3.8) is 0 Å². The lowest BCUT2D eigenvalue weighted by Crippen LogP contribution is -1.99. The second kappa shape index (κ2) is 4.55. The van der Waals surface area contributed by atoms with Gasteiger partial charge in [0.25, 0.3) is 0 Å². The van der Waals surface area contributed by atoms with Crippen molar-refractivity contribution in [2.24, 2.45) is 0 Å². The quantitative estimate of drug-likeness (QED) is 0.652. The van der Waals surface area contributed by atoms with Gasteiger partial charge in [0, 0.05) is 0 Å². The van der Waals surface area contributed by atoms with E-state index in [0.29, 0.717) is 21.9 Å². The average Bonchev–Trinajstić information content (AvgIpc) is 2.08. The molecule has 0 bridgehead atoms. The Labute approximate surface area is 96.2 Å². The van der Waals surface area contributed by atoms with Crippen LogP contribution >= 0.6 is 23.2 Å². The molecular weight excluding hydrogens is 215 g/mol. The molecule has 1 rings (SSSR count). The van der Waals surface area contributed by atoms with Gasteiger partial charge < -0.3 is 0 Å². The molecule has 0 spiro atoms. The maximum atomic E-state index is 6.21. The van der Waals surface area contributed by atoms with Crippen LogP contribution in [-0.2, 0) is 0 Å². The van der Waals surface area contributed by atoms with E-state index < -0.39 is 0 Å². The summed E-state index contributed by atoms with van der Waals surface area (Å²) in [6, 6.07) is 3.96. The Kier molecular flexibility index (Phi) is 3.86. The van der Waals surface area contributed by atoms with Crippen LogP contribution < -0.4 is 0 Å². The predicted octanol–water partition coefficient (Wildman–Crippen LogP) is 5.24. The van der Waals surface area contributed by atoms with Crippen LogP contribution in [0.25, 0.3) is 0 Å². The summed E-state index contributed by atoms with van der Waals surface area (Å²) in [7, 11) is 0. The molecule has 2 heteroatoms. The van der Waals surface area contributed by atoms with Gasteiger partial charge in [-0.05, 0) is 29.0 Å². The highest BCUT2D eigenvalue weighted by Crippen LogP contribution is 2.36. The fraction of sp³-hybridized carbons (Fsp3) is 0.500. The van der Waals surface area contributed by atoms with Crippen molar-refractivity contribution in [1.82, 2.24) is 0 Å². The van der Waals surface area contributed by atoms with Crippen molar-refractivity contribution < 1.29 is 0 Å². The van der Waals surface area contributed by atoms with Crippen LogP contribution in [0.15, 0.2) is 12.1 Å². The van der Waals surface area contributed by atoms with Crippen LogP contribution in [-0.4, -0.2) is 0 Å². The van der Waals surface area contributed by atoms with Crippen LogP contribution in [0.2, 0.25) is 10.0 Å². The van der Waals surface area contributed by atoms with Crippen LogP contribution in [0, 0.1) is 0 Å². The Morgan fingerprint density at radius 3 is 1.93 bits per heavy atom. The van der Waals surface area contributed by atoms with Gasteiger partial charge in [-0.15, -0.1) is 0 Å². The van der Waals surface area contributed by atoms with Gasteiger partial charge in [-0.1, -0.05) is 57.0 Å². The van der Waals surface area contributed by atoms with E-state index in [4.69, 9.17) is 23.2 Å². The smallest absolute Gasteiger partial charge is 0.0629 e. The van der Waals surface area contributed by atoms with Crippen molar-refractivity contribution >= 4 is 23.2 Å². The Morgan fingerprint density at radius 2 is 1.50 bits per heavy atom. The standard InChI is InChI=1S/C12H16Cl2/c1-7(2)9-5-6-10(13)12(14)11(9)8(3)4/h5-8H,1-4H3. The van der Waals surface area contributed by atoms with E-state index in [2.05, 4.69) is 33.8 Å². The molecule has 0 aliphatic carbocycles. The van der Waals surface area contributed by atoms with Crippen LogP contribution in [0.4, 0.5) is 0 Å². The second-order valence-electron chi connectivity index (χ2n) is 4.17. The molecule has 1 aromatic carbocycles. The molecular formula is C12H16Cl2. The van der Waals surface area contributed by atoms with E-state index in [0.717, 1.165) is 0 Å². The molecule has 0 heterocycles. The number of benzene rings is 1. The maximum absolute atomic E-state index is 6.21. The largest absolute Gasteiger partial charge is 0.0827 e. The van der Waals surface area contributed by atoms with Crippen LogP contribution in [0.5, 0.6) is 0 Å².